The van der Waals surface area contributed by atoms with Gasteiger partial charge in [-0.3, -0.25) is 9.10 Å². The van der Waals surface area contributed by atoms with E-state index in [4.69, 9.17) is 0 Å². The Bertz CT molecular complexity index is 1070. The molecule has 1 aromatic heterocycles. The lowest BCUT2D eigenvalue weighted by Gasteiger charge is -2.22. The van der Waals surface area contributed by atoms with Crippen LogP contribution in [0.1, 0.15) is 24.2 Å². The van der Waals surface area contributed by atoms with Gasteiger partial charge in [0.15, 0.2) is 5.78 Å². The summed E-state index contributed by atoms with van der Waals surface area (Å²) < 4.78 is 27.3. The van der Waals surface area contributed by atoms with Crippen molar-refractivity contribution in [1.82, 2.24) is 4.98 Å². The topological polar surface area (TPSA) is 79.4 Å². The predicted octanol–water partition coefficient (Wildman–Crippen LogP) is 4.24. The van der Waals surface area contributed by atoms with E-state index in [-0.39, 0.29) is 10.7 Å². The van der Waals surface area contributed by atoms with Crippen molar-refractivity contribution >= 4 is 33.0 Å². The van der Waals surface area contributed by atoms with Gasteiger partial charge in [0.25, 0.3) is 10.0 Å². The second-order valence-electron chi connectivity index (χ2n) is 6.15. The van der Waals surface area contributed by atoms with Gasteiger partial charge in [-0.2, -0.15) is 0 Å². The van der Waals surface area contributed by atoms with Crippen LogP contribution in [0.3, 0.4) is 0 Å². The molecule has 0 saturated carbocycles. The summed E-state index contributed by atoms with van der Waals surface area (Å²) in [4.78, 5) is 15.8. The minimum absolute atomic E-state index is 0.0291. The van der Waals surface area contributed by atoms with Gasteiger partial charge in [0.1, 0.15) is 10.7 Å². The number of hydrogen-bond donors (Lipinski definition) is 1. The molecule has 0 atom stereocenters. The Balaban J connectivity index is 1.83. The fourth-order valence-electron chi connectivity index (χ4n) is 2.78. The highest BCUT2D eigenvalue weighted by atomic mass is 32.2. The Morgan fingerprint density at radius 1 is 1.04 bits per heavy atom. The minimum Gasteiger partial charge on any atom is -0.340 e. The number of hydrogen-bond acceptors (Lipinski definition) is 5. The van der Waals surface area contributed by atoms with Crippen LogP contribution >= 0.6 is 0 Å². The van der Waals surface area contributed by atoms with Gasteiger partial charge in [-0.15, -0.1) is 0 Å². The molecule has 144 valence electrons. The molecule has 0 saturated heterocycles. The van der Waals surface area contributed by atoms with Crippen molar-refractivity contribution in [3.8, 4) is 0 Å². The number of ketones is 1. The number of carbonyl (C=O) groups excluding carboxylic acids is 1. The van der Waals surface area contributed by atoms with Gasteiger partial charge in [-0.1, -0.05) is 30.3 Å². The van der Waals surface area contributed by atoms with E-state index < -0.39 is 10.0 Å². The number of benzene rings is 2. The molecule has 2 aromatic carbocycles. The number of sulfonamides is 1. The van der Waals surface area contributed by atoms with Gasteiger partial charge >= 0.3 is 0 Å². The smallest absolute Gasteiger partial charge is 0.265 e. The number of carbonyl (C=O) groups is 1. The van der Waals surface area contributed by atoms with Crippen molar-refractivity contribution in [2.24, 2.45) is 0 Å². The van der Waals surface area contributed by atoms with Crippen LogP contribution in [0.4, 0.5) is 17.2 Å². The highest BCUT2D eigenvalue weighted by molar-refractivity contribution is 7.92. The fraction of sp³-hybridized carbons (Fsp3) is 0.143. The van der Waals surface area contributed by atoms with Crippen molar-refractivity contribution in [2.75, 3.05) is 16.2 Å². The summed E-state index contributed by atoms with van der Waals surface area (Å²) in [6.45, 7) is 3.60. The monoisotopic (exact) mass is 395 g/mol. The van der Waals surface area contributed by atoms with E-state index in [2.05, 4.69) is 10.3 Å². The third-order valence-electron chi connectivity index (χ3n) is 4.20. The molecule has 3 rings (SSSR count). The van der Waals surface area contributed by atoms with Gasteiger partial charge in [0.2, 0.25) is 0 Å². The first kappa shape index (κ1) is 19.6. The van der Waals surface area contributed by atoms with Gasteiger partial charge in [-0.05, 0) is 50.2 Å². The zero-order chi connectivity index (χ0) is 20.1. The van der Waals surface area contributed by atoms with E-state index in [0.29, 0.717) is 29.3 Å². The third kappa shape index (κ3) is 4.20. The number of pyridine rings is 1. The summed E-state index contributed by atoms with van der Waals surface area (Å²) >= 11 is 0. The zero-order valence-corrected chi connectivity index (χ0v) is 16.5. The van der Waals surface area contributed by atoms with Crippen LogP contribution in [0.25, 0.3) is 0 Å². The van der Waals surface area contributed by atoms with E-state index in [1.807, 2.05) is 12.1 Å². The van der Waals surface area contributed by atoms with E-state index in [0.717, 1.165) is 0 Å². The molecular formula is C21H21N3O3S. The molecular weight excluding hydrogens is 374 g/mol. The quantitative estimate of drug-likeness (QED) is 0.605. The SMILES string of the molecule is CCN(c1ccccc1)S(=O)(=O)c1ccc(Nc2cccc(C(C)=O)c2)nc1. The molecule has 0 radical (unpaired) electrons. The maximum Gasteiger partial charge on any atom is 0.265 e. The standard InChI is InChI=1S/C21H21N3O3S/c1-3-24(19-10-5-4-6-11-19)28(26,27)20-12-13-21(22-15-20)23-18-9-7-8-17(14-18)16(2)25/h4-15H,3H2,1-2H3,(H,22,23). The molecule has 28 heavy (non-hydrogen) atoms. The maximum atomic E-state index is 13.0. The highest BCUT2D eigenvalue weighted by Gasteiger charge is 2.23. The van der Waals surface area contributed by atoms with Crippen LogP contribution in [0.2, 0.25) is 0 Å². The Kier molecular flexibility index (Phi) is 5.75. The van der Waals surface area contributed by atoms with Crippen molar-refractivity contribution in [3.05, 3.63) is 78.5 Å². The number of nitrogens with one attached hydrogen (secondary N) is 1. The summed E-state index contributed by atoms with van der Waals surface area (Å²) in [6.07, 6.45) is 1.33. The molecule has 6 nitrogen and oxygen atoms in total. The van der Waals surface area contributed by atoms with Gasteiger partial charge in [0.05, 0.1) is 5.69 Å². The molecule has 3 aromatic rings. The number of para-hydroxylation sites is 1. The van der Waals surface area contributed by atoms with Crippen LogP contribution in [-0.4, -0.2) is 25.7 Å². The number of anilines is 3. The minimum atomic E-state index is -3.71. The van der Waals surface area contributed by atoms with E-state index in [1.165, 1.54) is 23.5 Å². The zero-order valence-electron chi connectivity index (χ0n) is 15.7. The Morgan fingerprint density at radius 3 is 2.39 bits per heavy atom. The predicted molar refractivity (Wildman–Crippen MR) is 111 cm³/mol. The maximum absolute atomic E-state index is 13.0. The number of aromatic nitrogens is 1. The van der Waals surface area contributed by atoms with E-state index >= 15 is 0 Å². The average Bonchev–Trinajstić information content (AvgIpc) is 2.70. The number of Topliss-reactive ketones (excluding diaryl/α,β-unsaturated/α-hetero) is 1. The summed E-state index contributed by atoms with van der Waals surface area (Å²) in [5.41, 5.74) is 1.90. The van der Waals surface area contributed by atoms with Gasteiger partial charge < -0.3 is 5.32 Å². The summed E-state index contributed by atoms with van der Waals surface area (Å²) in [5.74, 6) is 0.459. The first-order valence-electron chi connectivity index (χ1n) is 8.83. The molecule has 0 aliphatic heterocycles. The van der Waals surface area contributed by atoms with Crippen LogP contribution < -0.4 is 9.62 Å². The van der Waals surface area contributed by atoms with Gasteiger partial charge in [0, 0.05) is 24.0 Å². The lowest BCUT2D eigenvalue weighted by Crippen LogP contribution is -2.30. The largest absolute Gasteiger partial charge is 0.340 e. The van der Waals surface area contributed by atoms with Crippen LogP contribution in [-0.2, 0) is 10.0 Å². The third-order valence-corrected chi connectivity index (χ3v) is 6.08. The second-order valence-corrected chi connectivity index (χ2v) is 8.01. The van der Waals surface area contributed by atoms with Crippen molar-refractivity contribution in [2.45, 2.75) is 18.7 Å². The molecule has 0 aliphatic carbocycles. The van der Waals surface area contributed by atoms with Gasteiger partial charge in [-0.25, -0.2) is 13.4 Å². The summed E-state index contributed by atoms with van der Waals surface area (Å²) in [5, 5.41) is 3.08. The first-order valence-corrected chi connectivity index (χ1v) is 10.3. The molecule has 0 unspecified atom stereocenters. The Hall–Kier alpha value is -3.19. The highest BCUT2D eigenvalue weighted by Crippen LogP contribution is 2.24. The van der Waals surface area contributed by atoms with Crippen LogP contribution in [0.15, 0.2) is 77.8 Å². The Labute approximate surface area is 164 Å². The van der Waals surface area contributed by atoms with Crippen molar-refractivity contribution in [3.63, 3.8) is 0 Å². The normalized spacial score (nSPS) is 11.1. The Morgan fingerprint density at radius 2 is 1.79 bits per heavy atom. The van der Waals surface area contributed by atoms with E-state index in [1.54, 1.807) is 55.5 Å². The lowest BCUT2D eigenvalue weighted by molar-refractivity contribution is 0.101. The molecule has 7 heteroatoms. The molecule has 0 aliphatic rings. The van der Waals surface area contributed by atoms with Crippen molar-refractivity contribution < 1.29 is 13.2 Å². The summed E-state index contributed by atoms with van der Waals surface area (Å²) in [6, 6.07) is 19.1. The molecule has 1 heterocycles. The van der Waals surface area contributed by atoms with E-state index in [9.17, 15) is 13.2 Å². The lowest BCUT2D eigenvalue weighted by atomic mass is 10.1. The average molecular weight is 395 g/mol. The molecule has 0 amide bonds. The first-order chi connectivity index (χ1) is 13.4. The van der Waals surface area contributed by atoms with Crippen molar-refractivity contribution in [1.29, 1.82) is 0 Å². The molecule has 0 fully saturated rings. The van der Waals surface area contributed by atoms with Crippen LogP contribution in [0.5, 0.6) is 0 Å². The number of rotatable bonds is 7. The molecule has 1 N–H and O–H groups in total. The summed E-state index contributed by atoms with van der Waals surface area (Å²) in [7, 11) is -3.71. The van der Waals surface area contributed by atoms with Crippen LogP contribution in [0, 0.1) is 0 Å². The second kappa shape index (κ2) is 8.22. The molecule has 0 spiro atoms. The molecule has 0 bridgehead atoms. The number of nitrogens with zero attached hydrogens (tertiary/aromatic N) is 2. The fourth-order valence-corrected chi connectivity index (χ4v) is 4.20.